The predicted octanol–water partition coefficient (Wildman–Crippen LogP) is 3.81. The Bertz CT molecular complexity index is 419. The Kier molecular flexibility index (Phi) is 4.00. The molecular weight excluding hydrogens is 232 g/mol. The molecule has 2 atom stereocenters. The minimum atomic E-state index is -0.780. The van der Waals surface area contributed by atoms with Gasteiger partial charge in [0.05, 0.1) is 0 Å². The first kappa shape index (κ1) is 13.5. The van der Waals surface area contributed by atoms with Crippen LogP contribution < -0.4 is 5.73 Å². The zero-order chi connectivity index (χ0) is 13.2. The molecule has 0 spiro atoms. The van der Waals surface area contributed by atoms with Crippen molar-refractivity contribution in [3.63, 3.8) is 0 Å². The highest BCUT2D eigenvalue weighted by Gasteiger charge is 2.29. The van der Waals surface area contributed by atoms with Crippen LogP contribution in [0.1, 0.15) is 44.6 Å². The Hall–Kier alpha value is -0.960. The molecule has 100 valence electrons. The van der Waals surface area contributed by atoms with Crippen molar-refractivity contribution in [1.82, 2.24) is 0 Å². The number of hydrogen-bond donors (Lipinski definition) is 1. The van der Waals surface area contributed by atoms with Gasteiger partial charge in [0.1, 0.15) is 0 Å². The van der Waals surface area contributed by atoms with Gasteiger partial charge in [0.15, 0.2) is 11.6 Å². The van der Waals surface area contributed by atoms with Crippen LogP contribution in [0.15, 0.2) is 18.2 Å². The third kappa shape index (κ3) is 3.08. The van der Waals surface area contributed by atoms with E-state index in [2.05, 4.69) is 6.92 Å². The van der Waals surface area contributed by atoms with Crippen LogP contribution in [0.3, 0.4) is 0 Å². The molecule has 0 radical (unpaired) electrons. The summed E-state index contributed by atoms with van der Waals surface area (Å²) in [5.41, 5.74) is 6.42. The fourth-order valence-electron chi connectivity index (χ4n) is 2.85. The van der Waals surface area contributed by atoms with E-state index in [1.54, 1.807) is 12.1 Å². The van der Waals surface area contributed by atoms with Crippen molar-refractivity contribution < 1.29 is 8.78 Å². The standard InChI is InChI=1S/C15H21F2N/c1-11-4-3-8-15(18,9-7-11)10-12-5-2-6-13(16)14(12)17/h2,5-6,11H,3-4,7-10,18H2,1H3. The molecule has 2 N–H and O–H groups in total. The number of benzene rings is 1. The molecule has 2 unspecified atom stereocenters. The Balaban J connectivity index is 2.14. The maximum Gasteiger partial charge on any atom is 0.162 e. The molecule has 0 aromatic heterocycles. The Morgan fingerprint density at radius 2 is 2.06 bits per heavy atom. The second-order valence-electron chi connectivity index (χ2n) is 5.79. The van der Waals surface area contributed by atoms with Crippen molar-refractivity contribution in [3.8, 4) is 0 Å². The SMILES string of the molecule is CC1CCCC(N)(Cc2cccc(F)c2F)CC1. The minimum absolute atomic E-state index is 0.376. The molecule has 0 heterocycles. The van der Waals surface area contributed by atoms with Crippen LogP contribution in [-0.4, -0.2) is 5.54 Å². The van der Waals surface area contributed by atoms with Crippen LogP contribution >= 0.6 is 0 Å². The van der Waals surface area contributed by atoms with E-state index in [4.69, 9.17) is 5.73 Å². The molecule has 1 aliphatic carbocycles. The monoisotopic (exact) mass is 253 g/mol. The minimum Gasteiger partial charge on any atom is -0.325 e. The van der Waals surface area contributed by atoms with Gasteiger partial charge in [0, 0.05) is 5.54 Å². The van der Waals surface area contributed by atoms with E-state index < -0.39 is 11.6 Å². The van der Waals surface area contributed by atoms with Crippen LogP contribution in [0.2, 0.25) is 0 Å². The van der Waals surface area contributed by atoms with Crippen molar-refractivity contribution >= 4 is 0 Å². The Morgan fingerprint density at radius 1 is 1.28 bits per heavy atom. The number of rotatable bonds is 2. The molecule has 1 nitrogen and oxygen atoms in total. The zero-order valence-corrected chi connectivity index (χ0v) is 10.9. The summed E-state index contributed by atoms with van der Waals surface area (Å²) < 4.78 is 26.9. The lowest BCUT2D eigenvalue weighted by molar-refractivity contribution is 0.355. The second-order valence-corrected chi connectivity index (χ2v) is 5.79. The van der Waals surface area contributed by atoms with E-state index in [0.29, 0.717) is 17.9 Å². The molecule has 1 fully saturated rings. The smallest absolute Gasteiger partial charge is 0.162 e. The van der Waals surface area contributed by atoms with Gasteiger partial charge in [-0.25, -0.2) is 8.78 Å². The molecule has 2 rings (SSSR count). The van der Waals surface area contributed by atoms with Gasteiger partial charge in [-0.15, -0.1) is 0 Å². The lowest BCUT2D eigenvalue weighted by Gasteiger charge is -2.28. The Morgan fingerprint density at radius 3 is 2.83 bits per heavy atom. The summed E-state index contributed by atoms with van der Waals surface area (Å²) in [4.78, 5) is 0. The molecule has 0 bridgehead atoms. The first-order chi connectivity index (χ1) is 8.50. The number of nitrogens with two attached hydrogens (primary N) is 1. The fraction of sp³-hybridized carbons (Fsp3) is 0.600. The van der Waals surface area contributed by atoms with Gasteiger partial charge in [-0.05, 0) is 43.2 Å². The van der Waals surface area contributed by atoms with E-state index >= 15 is 0 Å². The quantitative estimate of drug-likeness (QED) is 0.797. The highest BCUT2D eigenvalue weighted by Crippen LogP contribution is 2.31. The molecule has 1 aliphatic rings. The molecule has 18 heavy (non-hydrogen) atoms. The molecular formula is C15H21F2N. The van der Waals surface area contributed by atoms with Crippen molar-refractivity contribution in [2.24, 2.45) is 11.7 Å². The summed E-state index contributed by atoms with van der Waals surface area (Å²) in [6, 6.07) is 4.34. The third-order valence-corrected chi connectivity index (χ3v) is 4.08. The van der Waals surface area contributed by atoms with Crippen molar-refractivity contribution in [2.75, 3.05) is 0 Å². The highest BCUT2D eigenvalue weighted by atomic mass is 19.2. The lowest BCUT2D eigenvalue weighted by atomic mass is 9.84. The summed E-state index contributed by atoms with van der Waals surface area (Å²) in [6.45, 7) is 2.23. The van der Waals surface area contributed by atoms with E-state index in [9.17, 15) is 8.78 Å². The summed E-state index contributed by atoms with van der Waals surface area (Å²) in [5, 5.41) is 0. The van der Waals surface area contributed by atoms with E-state index in [1.165, 1.54) is 6.42 Å². The fourth-order valence-corrected chi connectivity index (χ4v) is 2.85. The lowest BCUT2D eigenvalue weighted by Crippen LogP contribution is -2.41. The first-order valence-corrected chi connectivity index (χ1v) is 6.72. The highest BCUT2D eigenvalue weighted by molar-refractivity contribution is 5.21. The largest absolute Gasteiger partial charge is 0.325 e. The second kappa shape index (κ2) is 5.35. The number of hydrogen-bond acceptors (Lipinski definition) is 1. The molecule has 0 amide bonds. The van der Waals surface area contributed by atoms with Gasteiger partial charge in [-0.1, -0.05) is 31.9 Å². The maximum atomic E-state index is 13.7. The molecule has 0 saturated heterocycles. The summed E-state index contributed by atoms with van der Waals surface area (Å²) in [5.74, 6) is -0.828. The van der Waals surface area contributed by atoms with Gasteiger partial charge < -0.3 is 5.73 Å². The third-order valence-electron chi connectivity index (χ3n) is 4.08. The van der Waals surface area contributed by atoms with E-state index in [-0.39, 0.29) is 5.54 Å². The maximum absolute atomic E-state index is 13.7. The van der Waals surface area contributed by atoms with Crippen molar-refractivity contribution in [3.05, 3.63) is 35.4 Å². The molecule has 1 saturated carbocycles. The van der Waals surface area contributed by atoms with Crippen LogP contribution in [0.5, 0.6) is 0 Å². The normalized spacial score (nSPS) is 29.0. The van der Waals surface area contributed by atoms with Crippen LogP contribution in [-0.2, 0) is 6.42 Å². The van der Waals surface area contributed by atoms with Gasteiger partial charge in [-0.3, -0.25) is 0 Å². The molecule has 1 aromatic rings. The molecule has 1 aromatic carbocycles. The van der Waals surface area contributed by atoms with Gasteiger partial charge >= 0.3 is 0 Å². The average molecular weight is 253 g/mol. The molecule has 0 aliphatic heterocycles. The molecule has 3 heteroatoms. The van der Waals surface area contributed by atoms with Gasteiger partial charge in [0.2, 0.25) is 0 Å². The predicted molar refractivity (Wildman–Crippen MR) is 69.2 cm³/mol. The summed E-state index contributed by atoms with van der Waals surface area (Å²) in [6.07, 6.45) is 5.56. The van der Waals surface area contributed by atoms with E-state index in [1.807, 2.05) is 0 Å². The van der Waals surface area contributed by atoms with Crippen LogP contribution in [0.25, 0.3) is 0 Å². The summed E-state index contributed by atoms with van der Waals surface area (Å²) in [7, 11) is 0. The number of halogens is 2. The van der Waals surface area contributed by atoms with Crippen LogP contribution in [0, 0.1) is 17.6 Å². The van der Waals surface area contributed by atoms with Crippen molar-refractivity contribution in [1.29, 1.82) is 0 Å². The first-order valence-electron chi connectivity index (χ1n) is 6.72. The zero-order valence-electron chi connectivity index (χ0n) is 10.9. The van der Waals surface area contributed by atoms with Gasteiger partial charge in [-0.2, -0.15) is 0 Å². The van der Waals surface area contributed by atoms with Gasteiger partial charge in [0.25, 0.3) is 0 Å². The average Bonchev–Trinajstić information content (AvgIpc) is 2.48. The Labute approximate surface area is 107 Å². The van der Waals surface area contributed by atoms with Crippen LogP contribution in [0.4, 0.5) is 8.78 Å². The topological polar surface area (TPSA) is 26.0 Å². The summed E-state index contributed by atoms with van der Waals surface area (Å²) >= 11 is 0. The van der Waals surface area contributed by atoms with Crippen molar-refractivity contribution in [2.45, 2.75) is 51.0 Å². The van der Waals surface area contributed by atoms with E-state index in [0.717, 1.165) is 31.7 Å².